The second-order valence-electron chi connectivity index (χ2n) is 5.62. The van der Waals surface area contributed by atoms with E-state index in [0.29, 0.717) is 17.3 Å². The molecule has 2 aromatic carbocycles. The molecule has 0 saturated carbocycles. The lowest BCUT2D eigenvalue weighted by Gasteiger charge is -2.13. The molecule has 4 N–H and O–H groups in total. The summed E-state index contributed by atoms with van der Waals surface area (Å²) in [5, 5.41) is 6.50. The first-order valence-corrected chi connectivity index (χ1v) is 8.57. The van der Waals surface area contributed by atoms with Gasteiger partial charge in [-0.15, -0.1) is 0 Å². The molecule has 5 nitrogen and oxygen atoms in total. The van der Waals surface area contributed by atoms with E-state index in [2.05, 4.69) is 75.2 Å². The molecule has 3 rings (SSSR count). The van der Waals surface area contributed by atoms with Crippen molar-refractivity contribution in [2.24, 2.45) is 0 Å². The zero-order valence-corrected chi connectivity index (χ0v) is 15.6. The van der Waals surface area contributed by atoms with Crippen LogP contribution in [0.4, 0.5) is 28.7 Å². The number of benzene rings is 2. The molecule has 0 aliphatic carbocycles. The first-order chi connectivity index (χ1) is 11.5. The molecule has 1 heterocycles. The lowest BCUT2D eigenvalue weighted by molar-refractivity contribution is 1.17. The average Bonchev–Trinajstić information content (AvgIpc) is 2.52. The third kappa shape index (κ3) is 3.94. The predicted octanol–water partition coefficient (Wildman–Crippen LogP) is 4.77. The Morgan fingerprint density at radius 2 is 1.38 bits per heavy atom. The van der Waals surface area contributed by atoms with Crippen LogP contribution in [0.5, 0.6) is 0 Å². The molecule has 0 aliphatic heterocycles. The Labute approximate surface area is 154 Å². The van der Waals surface area contributed by atoms with E-state index in [1.165, 1.54) is 21.0 Å². The molecule has 0 unspecified atom stereocenters. The quantitative estimate of drug-likeness (QED) is 0.519. The van der Waals surface area contributed by atoms with Crippen LogP contribution >= 0.6 is 22.6 Å². The molecule has 6 heteroatoms. The fourth-order valence-electron chi connectivity index (χ4n) is 2.45. The highest BCUT2D eigenvalue weighted by Crippen LogP contribution is 2.28. The minimum atomic E-state index is 0.482. The lowest BCUT2D eigenvalue weighted by Crippen LogP contribution is -2.05. The van der Waals surface area contributed by atoms with Crippen molar-refractivity contribution in [3.8, 4) is 0 Å². The number of aryl methyl sites for hydroxylation is 2. The van der Waals surface area contributed by atoms with E-state index in [0.717, 1.165) is 11.4 Å². The van der Waals surface area contributed by atoms with Crippen LogP contribution < -0.4 is 16.4 Å². The first kappa shape index (κ1) is 16.5. The van der Waals surface area contributed by atoms with E-state index in [9.17, 15) is 0 Å². The van der Waals surface area contributed by atoms with E-state index in [1.54, 1.807) is 0 Å². The molecule has 0 bridgehead atoms. The highest BCUT2D eigenvalue weighted by molar-refractivity contribution is 14.1. The number of nitrogen functional groups attached to an aromatic ring is 1. The number of hydrogen-bond acceptors (Lipinski definition) is 5. The minimum absolute atomic E-state index is 0.482. The third-order valence-corrected chi connectivity index (χ3v) is 4.19. The normalized spacial score (nSPS) is 10.5. The van der Waals surface area contributed by atoms with Crippen LogP contribution in [-0.2, 0) is 0 Å². The van der Waals surface area contributed by atoms with Gasteiger partial charge in [0, 0.05) is 14.9 Å². The number of anilines is 5. The van der Waals surface area contributed by atoms with Crippen LogP contribution in [0.3, 0.4) is 0 Å². The Morgan fingerprint density at radius 3 is 1.96 bits per heavy atom. The van der Waals surface area contributed by atoms with Crippen molar-refractivity contribution in [2.75, 3.05) is 16.4 Å². The van der Waals surface area contributed by atoms with E-state index >= 15 is 0 Å². The number of halogens is 1. The summed E-state index contributed by atoms with van der Waals surface area (Å²) in [6, 6.07) is 14.3. The van der Waals surface area contributed by atoms with Crippen molar-refractivity contribution in [3.05, 3.63) is 63.5 Å². The van der Waals surface area contributed by atoms with Gasteiger partial charge in [0.25, 0.3) is 0 Å². The summed E-state index contributed by atoms with van der Waals surface area (Å²) in [7, 11) is 0. The molecule has 0 amide bonds. The summed E-state index contributed by atoms with van der Waals surface area (Å²) in [6.07, 6.45) is 1.50. The molecule has 0 atom stereocenters. The Bertz CT molecular complexity index is 842. The molecule has 1 aromatic heterocycles. The number of nitrogens with two attached hydrogens (primary N) is 1. The lowest BCUT2D eigenvalue weighted by atomic mass is 10.1. The smallest absolute Gasteiger partial charge is 0.159 e. The van der Waals surface area contributed by atoms with E-state index in [-0.39, 0.29) is 0 Å². The van der Waals surface area contributed by atoms with E-state index in [1.807, 2.05) is 24.3 Å². The topological polar surface area (TPSA) is 75.9 Å². The number of nitrogens with zero attached hydrogens (tertiary/aromatic N) is 2. The number of rotatable bonds is 4. The SMILES string of the molecule is Cc1cc(C)cc(Nc2ncnc(Nc3ccc(I)cc3)c2N)c1. The van der Waals surface area contributed by atoms with Gasteiger partial charge in [0.05, 0.1) is 0 Å². The zero-order valence-electron chi connectivity index (χ0n) is 13.5. The van der Waals surface area contributed by atoms with E-state index < -0.39 is 0 Å². The molecular formula is C18H18IN5. The molecule has 3 aromatic rings. The summed E-state index contributed by atoms with van der Waals surface area (Å²) in [4.78, 5) is 8.51. The van der Waals surface area contributed by atoms with Crippen molar-refractivity contribution in [2.45, 2.75) is 13.8 Å². The monoisotopic (exact) mass is 431 g/mol. The largest absolute Gasteiger partial charge is 0.393 e. The molecule has 0 aliphatic rings. The van der Waals surface area contributed by atoms with Crippen LogP contribution in [0.15, 0.2) is 48.8 Å². The second-order valence-corrected chi connectivity index (χ2v) is 6.86. The van der Waals surface area contributed by atoms with Gasteiger partial charge in [0.1, 0.15) is 12.0 Å². The van der Waals surface area contributed by atoms with Crippen molar-refractivity contribution in [1.29, 1.82) is 0 Å². The summed E-state index contributed by atoms with van der Waals surface area (Å²) in [6.45, 7) is 4.12. The van der Waals surface area contributed by atoms with Crippen LogP contribution in [0.25, 0.3) is 0 Å². The molecule has 0 saturated heterocycles. The maximum Gasteiger partial charge on any atom is 0.159 e. The second kappa shape index (κ2) is 7.04. The fraction of sp³-hybridized carbons (Fsp3) is 0.111. The molecule has 0 radical (unpaired) electrons. The van der Waals surface area contributed by atoms with Gasteiger partial charge in [-0.1, -0.05) is 6.07 Å². The van der Waals surface area contributed by atoms with Gasteiger partial charge in [0.15, 0.2) is 11.6 Å². The maximum atomic E-state index is 6.23. The molecular weight excluding hydrogens is 413 g/mol. The molecule has 24 heavy (non-hydrogen) atoms. The molecule has 0 fully saturated rings. The van der Waals surface area contributed by atoms with Crippen LogP contribution in [0.1, 0.15) is 11.1 Å². The number of nitrogens with one attached hydrogen (secondary N) is 2. The number of hydrogen-bond donors (Lipinski definition) is 3. The van der Waals surface area contributed by atoms with Crippen LogP contribution in [0.2, 0.25) is 0 Å². The molecule has 0 spiro atoms. The van der Waals surface area contributed by atoms with Crippen molar-refractivity contribution >= 4 is 51.3 Å². The fourth-order valence-corrected chi connectivity index (χ4v) is 2.81. The Balaban J connectivity index is 1.86. The summed E-state index contributed by atoms with van der Waals surface area (Å²) >= 11 is 2.27. The maximum absolute atomic E-state index is 6.23. The Hall–Kier alpha value is -2.35. The van der Waals surface area contributed by atoms with Gasteiger partial charge in [-0.2, -0.15) is 0 Å². The minimum Gasteiger partial charge on any atom is -0.393 e. The highest BCUT2D eigenvalue weighted by atomic mass is 127. The zero-order chi connectivity index (χ0) is 17.1. The summed E-state index contributed by atoms with van der Waals surface area (Å²) in [5.41, 5.74) is 11.0. The van der Waals surface area contributed by atoms with Gasteiger partial charge in [-0.3, -0.25) is 0 Å². The Morgan fingerprint density at radius 1 is 0.833 bits per heavy atom. The first-order valence-electron chi connectivity index (χ1n) is 7.49. The van der Waals surface area contributed by atoms with Crippen LogP contribution in [-0.4, -0.2) is 9.97 Å². The van der Waals surface area contributed by atoms with Crippen LogP contribution in [0, 0.1) is 17.4 Å². The predicted molar refractivity (Wildman–Crippen MR) is 108 cm³/mol. The highest BCUT2D eigenvalue weighted by Gasteiger charge is 2.09. The van der Waals surface area contributed by atoms with Gasteiger partial charge < -0.3 is 16.4 Å². The standard InChI is InChI=1S/C18H18IN5/c1-11-7-12(2)9-15(8-11)24-18-16(20)17(21-10-22-18)23-14-5-3-13(19)4-6-14/h3-10H,20H2,1-2H3,(H2,21,22,23,24). The van der Waals surface area contributed by atoms with Crippen molar-refractivity contribution in [1.82, 2.24) is 9.97 Å². The van der Waals surface area contributed by atoms with Gasteiger partial charge in [-0.05, 0) is 84.0 Å². The number of aromatic nitrogens is 2. The molecule has 122 valence electrons. The summed E-state index contributed by atoms with van der Waals surface area (Å²) < 4.78 is 1.17. The summed E-state index contributed by atoms with van der Waals surface area (Å²) in [5.74, 6) is 1.17. The average molecular weight is 431 g/mol. The van der Waals surface area contributed by atoms with Gasteiger partial charge in [-0.25, -0.2) is 9.97 Å². The van der Waals surface area contributed by atoms with Crippen molar-refractivity contribution in [3.63, 3.8) is 0 Å². The Kier molecular flexibility index (Phi) is 4.84. The van der Waals surface area contributed by atoms with Gasteiger partial charge in [0.2, 0.25) is 0 Å². The van der Waals surface area contributed by atoms with Gasteiger partial charge >= 0.3 is 0 Å². The van der Waals surface area contributed by atoms with Crippen molar-refractivity contribution < 1.29 is 0 Å². The third-order valence-electron chi connectivity index (χ3n) is 3.48. The van der Waals surface area contributed by atoms with E-state index in [4.69, 9.17) is 5.73 Å².